The molecule has 10 heteroatoms. The summed E-state index contributed by atoms with van der Waals surface area (Å²) >= 11 is 0. The third-order valence-corrected chi connectivity index (χ3v) is 12.3. The van der Waals surface area contributed by atoms with Gasteiger partial charge in [-0.1, -0.05) is 217 Å². The molecule has 0 fully saturated rings. The summed E-state index contributed by atoms with van der Waals surface area (Å²) in [6, 6.07) is 0. The van der Waals surface area contributed by atoms with Crippen molar-refractivity contribution in [3.05, 3.63) is 48.6 Å². The van der Waals surface area contributed by atoms with E-state index in [1.54, 1.807) is 0 Å². The van der Waals surface area contributed by atoms with E-state index in [0.29, 0.717) is 17.4 Å². The van der Waals surface area contributed by atoms with Crippen LogP contribution in [0.25, 0.3) is 0 Å². The number of unbranched alkanes of at least 4 members (excludes halogenated alkanes) is 26. The zero-order valence-corrected chi connectivity index (χ0v) is 43.1. The van der Waals surface area contributed by atoms with Gasteiger partial charge in [-0.2, -0.15) is 0 Å². The Morgan fingerprint density at radius 3 is 1.33 bits per heavy atom. The van der Waals surface area contributed by atoms with E-state index < -0.39 is 32.5 Å². The van der Waals surface area contributed by atoms with Gasteiger partial charge in [0.2, 0.25) is 0 Å². The Kier molecular flexibility index (Phi) is 44.6. The highest BCUT2D eigenvalue weighted by Crippen LogP contribution is 2.38. The lowest BCUT2D eigenvalue weighted by molar-refractivity contribution is -0.870. The third kappa shape index (κ3) is 49.4. The first-order chi connectivity index (χ1) is 31.0. The number of ether oxygens (including phenoxy) is 2. The van der Waals surface area contributed by atoms with Crippen molar-refractivity contribution in [1.82, 2.24) is 0 Å². The van der Waals surface area contributed by atoms with E-state index >= 15 is 0 Å². The Bertz CT molecular complexity index is 1230. The standard InChI is InChI=1S/C54H100NO8P/c1-6-8-10-12-13-14-15-16-17-18-19-20-21-22-23-24-25-26-27-28-29-30-31-32-33-34-35-36-37-38-39-40-41-43-45-47-54(57)63-52(50-60-53(56)46-44-42-11-9-7-2)51-62-64(58,59)61-49-48-55(3,4)5/h8,10,13-14,16-17,19-20,52H,6-7,9,11-12,15,18,21-51H2,1-5H3/b10-8-,14-13-,17-16-,20-19-. The zero-order chi connectivity index (χ0) is 47.1. The van der Waals surface area contributed by atoms with Crippen LogP contribution < -0.4 is 4.89 Å². The van der Waals surface area contributed by atoms with Gasteiger partial charge in [0.05, 0.1) is 27.7 Å². The number of hydrogen-bond donors (Lipinski definition) is 0. The number of phosphoric ester groups is 1. The average molecular weight is 922 g/mol. The van der Waals surface area contributed by atoms with Gasteiger partial charge in [0.1, 0.15) is 19.8 Å². The van der Waals surface area contributed by atoms with E-state index in [2.05, 4.69) is 62.5 Å². The summed E-state index contributed by atoms with van der Waals surface area (Å²) in [6.45, 7) is 4.03. The van der Waals surface area contributed by atoms with Crippen LogP contribution in [0.15, 0.2) is 48.6 Å². The fraction of sp³-hybridized carbons (Fsp3) is 0.815. The Balaban J connectivity index is 3.80. The van der Waals surface area contributed by atoms with E-state index in [-0.39, 0.29) is 26.1 Å². The summed E-state index contributed by atoms with van der Waals surface area (Å²) in [5.41, 5.74) is 0. The number of carbonyl (C=O) groups excluding carboxylic acids is 2. The first kappa shape index (κ1) is 62.0. The molecule has 0 amide bonds. The molecule has 0 aliphatic heterocycles. The summed E-state index contributed by atoms with van der Waals surface area (Å²) in [6.07, 6.45) is 56.6. The molecule has 0 N–H and O–H groups in total. The van der Waals surface area contributed by atoms with Crippen molar-refractivity contribution in [3.8, 4) is 0 Å². The molecule has 0 saturated heterocycles. The van der Waals surface area contributed by atoms with Crippen molar-refractivity contribution in [3.63, 3.8) is 0 Å². The third-order valence-electron chi connectivity index (χ3n) is 11.4. The minimum Gasteiger partial charge on any atom is -0.756 e. The average Bonchev–Trinajstić information content (AvgIpc) is 3.25. The van der Waals surface area contributed by atoms with Crippen molar-refractivity contribution < 1.29 is 42.1 Å². The van der Waals surface area contributed by atoms with Crippen LogP contribution in [0.2, 0.25) is 0 Å². The normalized spacial score (nSPS) is 13.8. The van der Waals surface area contributed by atoms with Crippen molar-refractivity contribution in [2.75, 3.05) is 47.5 Å². The molecule has 0 aromatic heterocycles. The molecule has 0 rings (SSSR count). The van der Waals surface area contributed by atoms with Gasteiger partial charge in [-0.05, 0) is 51.4 Å². The van der Waals surface area contributed by atoms with E-state index in [1.165, 1.54) is 128 Å². The van der Waals surface area contributed by atoms with Gasteiger partial charge in [-0.15, -0.1) is 0 Å². The van der Waals surface area contributed by atoms with Crippen LogP contribution in [0, 0.1) is 0 Å². The van der Waals surface area contributed by atoms with Crippen LogP contribution in [-0.2, 0) is 32.7 Å². The summed E-state index contributed by atoms with van der Waals surface area (Å²) in [5.74, 6) is -0.840. The maximum Gasteiger partial charge on any atom is 0.306 e. The number of hydrogen-bond acceptors (Lipinski definition) is 8. The number of carbonyl (C=O) groups is 2. The molecule has 374 valence electrons. The topological polar surface area (TPSA) is 111 Å². The number of phosphoric acid groups is 1. The maximum absolute atomic E-state index is 12.7. The number of quaternary nitrogens is 1. The van der Waals surface area contributed by atoms with Crippen LogP contribution in [-0.4, -0.2) is 70.0 Å². The van der Waals surface area contributed by atoms with E-state index in [9.17, 15) is 19.0 Å². The van der Waals surface area contributed by atoms with Crippen molar-refractivity contribution in [1.29, 1.82) is 0 Å². The smallest absolute Gasteiger partial charge is 0.306 e. The van der Waals surface area contributed by atoms with Gasteiger partial charge in [0, 0.05) is 12.8 Å². The van der Waals surface area contributed by atoms with Crippen LogP contribution >= 0.6 is 7.82 Å². The second kappa shape index (κ2) is 46.1. The molecule has 2 unspecified atom stereocenters. The van der Waals surface area contributed by atoms with Gasteiger partial charge < -0.3 is 27.9 Å². The van der Waals surface area contributed by atoms with Crippen LogP contribution in [0.5, 0.6) is 0 Å². The molecular weight excluding hydrogens is 822 g/mol. The van der Waals surface area contributed by atoms with Crippen molar-refractivity contribution in [2.45, 2.75) is 238 Å². The Morgan fingerprint density at radius 2 is 0.891 bits per heavy atom. The maximum atomic E-state index is 12.7. The largest absolute Gasteiger partial charge is 0.756 e. The fourth-order valence-electron chi connectivity index (χ4n) is 7.29. The highest BCUT2D eigenvalue weighted by atomic mass is 31.2. The molecule has 0 saturated carbocycles. The van der Waals surface area contributed by atoms with E-state index in [0.717, 1.165) is 70.6 Å². The Morgan fingerprint density at radius 1 is 0.500 bits per heavy atom. The number of rotatable bonds is 48. The number of nitrogens with zero attached hydrogens (tertiary/aromatic N) is 1. The quantitative estimate of drug-likeness (QED) is 0.0195. The highest BCUT2D eigenvalue weighted by molar-refractivity contribution is 7.45. The molecule has 0 aromatic rings. The fourth-order valence-corrected chi connectivity index (χ4v) is 8.02. The van der Waals surface area contributed by atoms with E-state index in [4.69, 9.17) is 18.5 Å². The predicted molar refractivity (Wildman–Crippen MR) is 268 cm³/mol. The van der Waals surface area contributed by atoms with Gasteiger partial charge in [-0.3, -0.25) is 14.2 Å². The molecule has 0 spiro atoms. The highest BCUT2D eigenvalue weighted by Gasteiger charge is 2.21. The number of likely N-dealkylation sites (N-methyl/N-ethyl adjacent to an activating group) is 1. The lowest BCUT2D eigenvalue weighted by Gasteiger charge is -2.28. The summed E-state index contributed by atoms with van der Waals surface area (Å²) in [7, 11) is 1.17. The molecule has 64 heavy (non-hydrogen) atoms. The molecule has 9 nitrogen and oxygen atoms in total. The molecular formula is C54H100NO8P. The molecule has 0 radical (unpaired) electrons. The van der Waals surface area contributed by atoms with E-state index in [1.807, 2.05) is 21.1 Å². The van der Waals surface area contributed by atoms with Gasteiger partial charge in [-0.25, -0.2) is 0 Å². The summed E-state index contributed by atoms with van der Waals surface area (Å²) in [5, 5.41) is 0. The molecule has 0 heterocycles. The van der Waals surface area contributed by atoms with Crippen LogP contribution in [0.4, 0.5) is 0 Å². The minimum absolute atomic E-state index is 0.0291. The minimum atomic E-state index is -4.61. The summed E-state index contributed by atoms with van der Waals surface area (Å²) < 4.78 is 33.7. The SMILES string of the molecule is CC/C=C\C/C=C\C/C=C\C/C=C\CCCCCCCCCCCCCCCCCCCCCCCCC(=O)OC(COC(=O)CCCCCCC)COP(=O)([O-])OCC[N+](C)(C)C. The molecule has 0 aliphatic carbocycles. The summed E-state index contributed by atoms with van der Waals surface area (Å²) in [4.78, 5) is 37.3. The first-order valence-corrected chi connectivity index (χ1v) is 27.8. The lowest BCUT2D eigenvalue weighted by atomic mass is 10.0. The monoisotopic (exact) mass is 922 g/mol. The van der Waals surface area contributed by atoms with Gasteiger partial charge in [0.25, 0.3) is 7.82 Å². The van der Waals surface area contributed by atoms with Crippen LogP contribution in [0.1, 0.15) is 232 Å². The zero-order valence-electron chi connectivity index (χ0n) is 42.2. The Hall–Kier alpha value is -2.03. The van der Waals surface area contributed by atoms with Crippen molar-refractivity contribution in [2.24, 2.45) is 0 Å². The lowest BCUT2D eigenvalue weighted by Crippen LogP contribution is -2.37. The predicted octanol–water partition coefficient (Wildman–Crippen LogP) is 15.2. The molecule has 2 atom stereocenters. The second-order valence-corrected chi connectivity index (χ2v) is 20.3. The van der Waals surface area contributed by atoms with Gasteiger partial charge >= 0.3 is 11.9 Å². The molecule has 0 aromatic carbocycles. The van der Waals surface area contributed by atoms with Crippen LogP contribution in [0.3, 0.4) is 0 Å². The second-order valence-electron chi connectivity index (χ2n) is 18.9. The number of esters is 2. The molecule has 0 aliphatic rings. The Labute approximate surface area is 394 Å². The van der Waals surface area contributed by atoms with Crippen molar-refractivity contribution >= 4 is 19.8 Å². The van der Waals surface area contributed by atoms with Gasteiger partial charge in [0.15, 0.2) is 6.10 Å². The number of allylic oxidation sites excluding steroid dienone is 8. The molecule has 0 bridgehead atoms. The first-order valence-electron chi connectivity index (χ1n) is 26.3.